The van der Waals surface area contributed by atoms with Crippen molar-refractivity contribution in [3.8, 4) is 0 Å². The number of nitrogens with one attached hydrogen (secondary N) is 1. The molecule has 2 nitrogen and oxygen atoms in total. The van der Waals surface area contributed by atoms with E-state index in [4.69, 9.17) is 4.74 Å². The number of H-pyrrole nitrogens is 1. The number of hydrogen-bond acceptors (Lipinski definition) is 1. The smallest absolute Gasteiger partial charge is 0.0737 e. The highest BCUT2D eigenvalue weighted by molar-refractivity contribution is 5.30. The van der Waals surface area contributed by atoms with Gasteiger partial charge in [-0.25, -0.2) is 0 Å². The third-order valence-electron chi connectivity index (χ3n) is 2.05. The van der Waals surface area contributed by atoms with Crippen LogP contribution in [0.3, 0.4) is 0 Å². The molecule has 1 N–H and O–H groups in total. The van der Waals surface area contributed by atoms with Crippen LogP contribution in [-0.2, 0) is 17.8 Å². The molecule has 0 aliphatic carbocycles. The molecule has 0 atom stereocenters. The second-order valence-electron chi connectivity index (χ2n) is 2.73. The summed E-state index contributed by atoms with van der Waals surface area (Å²) < 4.78 is 5.32. The lowest BCUT2D eigenvalue weighted by Crippen LogP contribution is -2.08. The molecule has 0 bridgehead atoms. The van der Waals surface area contributed by atoms with E-state index in [9.17, 15) is 0 Å². The zero-order chi connectivity index (χ0) is 6.97. The summed E-state index contributed by atoms with van der Waals surface area (Å²) in [6, 6.07) is 0. The average Bonchev–Trinajstić information content (AvgIpc) is 2.34. The number of ether oxygens (including phenoxy) is 1. The average molecular weight is 137 g/mol. The second-order valence-corrected chi connectivity index (χ2v) is 2.73. The highest BCUT2D eigenvalue weighted by Gasteiger charge is 2.11. The predicted octanol–water partition coefficient (Wildman–Crippen LogP) is 1.40. The molecule has 0 spiro atoms. The SMILES string of the molecule is Cc1c[nH]c2c1COCC2. The summed E-state index contributed by atoms with van der Waals surface area (Å²) >= 11 is 0. The van der Waals surface area contributed by atoms with E-state index in [1.165, 1.54) is 16.8 Å². The maximum absolute atomic E-state index is 5.32. The van der Waals surface area contributed by atoms with Gasteiger partial charge in [-0.3, -0.25) is 0 Å². The van der Waals surface area contributed by atoms with Crippen LogP contribution in [0.25, 0.3) is 0 Å². The fourth-order valence-corrected chi connectivity index (χ4v) is 1.38. The summed E-state index contributed by atoms with van der Waals surface area (Å²) in [5.41, 5.74) is 4.06. The van der Waals surface area contributed by atoms with Crippen LogP contribution in [0.4, 0.5) is 0 Å². The molecule has 2 rings (SSSR count). The van der Waals surface area contributed by atoms with Gasteiger partial charge in [-0.05, 0) is 12.5 Å². The minimum atomic E-state index is 0.796. The van der Waals surface area contributed by atoms with E-state index in [2.05, 4.69) is 18.1 Å². The van der Waals surface area contributed by atoms with E-state index in [1.807, 2.05) is 0 Å². The van der Waals surface area contributed by atoms with E-state index in [1.54, 1.807) is 0 Å². The van der Waals surface area contributed by atoms with Crippen molar-refractivity contribution in [3.05, 3.63) is 23.0 Å². The fourth-order valence-electron chi connectivity index (χ4n) is 1.38. The summed E-state index contributed by atoms with van der Waals surface area (Å²) in [4.78, 5) is 3.25. The third kappa shape index (κ3) is 0.762. The van der Waals surface area contributed by atoms with Gasteiger partial charge in [0.2, 0.25) is 0 Å². The molecule has 2 heterocycles. The van der Waals surface area contributed by atoms with Gasteiger partial charge in [0.1, 0.15) is 0 Å². The fraction of sp³-hybridized carbons (Fsp3) is 0.500. The molecular formula is C8H11NO. The first kappa shape index (κ1) is 5.98. The van der Waals surface area contributed by atoms with Crippen molar-refractivity contribution >= 4 is 0 Å². The predicted molar refractivity (Wildman–Crippen MR) is 38.9 cm³/mol. The van der Waals surface area contributed by atoms with Crippen molar-refractivity contribution in [2.75, 3.05) is 6.61 Å². The Labute approximate surface area is 60.2 Å². The molecule has 1 aliphatic rings. The number of aromatic amines is 1. The Morgan fingerprint density at radius 3 is 3.30 bits per heavy atom. The number of rotatable bonds is 0. The maximum atomic E-state index is 5.32. The number of fused-ring (bicyclic) bond motifs is 1. The van der Waals surface area contributed by atoms with Crippen molar-refractivity contribution in [1.82, 2.24) is 4.98 Å². The maximum Gasteiger partial charge on any atom is 0.0737 e. The largest absolute Gasteiger partial charge is 0.376 e. The minimum Gasteiger partial charge on any atom is -0.376 e. The summed E-state index contributed by atoms with van der Waals surface area (Å²) in [5.74, 6) is 0. The van der Waals surface area contributed by atoms with Crippen LogP contribution in [0.2, 0.25) is 0 Å². The van der Waals surface area contributed by atoms with Crippen molar-refractivity contribution in [2.45, 2.75) is 20.0 Å². The van der Waals surface area contributed by atoms with Gasteiger partial charge in [-0.2, -0.15) is 0 Å². The zero-order valence-electron chi connectivity index (χ0n) is 6.11. The second kappa shape index (κ2) is 2.13. The standard InChI is InChI=1S/C8H11NO/c1-6-4-9-8-2-3-10-5-7(6)8/h4,9H,2-3,5H2,1H3. The van der Waals surface area contributed by atoms with Crippen molar-refractivity contribution in [2.24, 2.45) is 0 Å². The molecule has 0 amide bonds. The summed E-state index contributed by atoms with van der Waals surface area (Å²) in [6.07, 6.45) is 3.10. The van der Waals surface area contributed by atoms with Gasteiger partial charge in [0.05, 0.1) is 13.2 Å². The van der Waals surface area contributed by atoms with E-state index in [0.717, 1.165) is 19.6 Å². The lowest BCUT2D eigenvalue weighted by molar-refractivity contribution is 0.110. The van der Waals surface area contributed by atoms with E-state index >= 15 is 0 Å². The normalized spacial score (nSPS) is 16.9. The van der Waals surface area contributed by atoms with Crippen LogP contribution in [0, 0.1) is 6.92 Å². The third-order valence-corrected chi connectivity index (χ3v) is 2.05. The number of hydrogen-bond donors (Lipinski definition) is 1. The highest BCUT2D eigenvalue weighted by atomic mass is 16.5. The van der Waals surface area contributed by atoms with Gasteiger partial charge in [0, 0.05) is 23.9 Å². The molecule has 0 saturated carbocycles. The molecule has 0 aromatic carbocycles. The quantitative estimate of drug-likeness (QED) is 0.574. The molecule has 0 radical (unpaired) electrons. The van der Waals surface area contributed by atoms with Gasteiger partial charge in [-0.1, -0.05) is 0 Å². The Morgan fingerprint density at radius 1 is 1.60 bits per heavy atom. The Kier molecular flexibility index (Phi) is 1.27. The van der Waals surface area contributed by atoms with Crippen LogP contribution >= 0.6 is 0 Å². The Hall–Kier alpha value is -0.760. The molecule has 54 valence electrons. The van der Waals surface area contributed by atoms with E-state index in [-0.39, 0.29) is 0 Å². The monoisotopic (exact) mass is 137 g/mol. The Balaban J connectivity index is 2.45. The molecule has 2 heteroatoms. The lowest BCUT2D eigenvalue weighted by atomic mass is 10.1. The Morgan fingerprint density at radius 2 is 2.50 bits per heavy atom. The van der Waals surface area contributed by atoms with Gasteiger partial charge in [0.15, 0.2) is 0 Å². The number of aromatic nitrogens is 1. The topological polar surface area (TPSA) is 25.0 Å². The van der Waals surface area contributed by atoms with Crippen LogP contribution in [0.1, 0.15) is 16.8 Å². The zero-order valence-corrected chi connectivity index (χ0v) is 6.11. The first-order valence-electron chi connectivity index (χ1n) is 3.61. The van der Waals surface area contributed by atoms with Crippen LogP contribution in [0.15, 0.2) is 6.20 Å². The lowest BCUT2D eigenvalue weighted by Gasteiger charge is -2.12. The van der Waals surface area contributed by atoms with Crippen molar-refractivity contribution < 1.29 is 4.74 Å². The number of aryl methyl sites for hydroxylation is 1. The highest BCUT2D eigenvalue weighted by Crippen LogP contribution is 2.18. The van der Waals surface area contributed by atoms with Gasteiger partial charge in [0.25, 0.3) is 0 Å². The van der Waals surface area contributed by atoms with Crippen molar-refractivity contribution in [3.63, 3.8) is 0 Å². The molecule has 0 saturated heterocycles. The van der Waals surface area contributed by atoms with Crippen LogP contribution in [-0.4, -0.2) is 11.6 Å². The molecule has 0 fully saturated rings. The molecule has 1 aromatic rings. The first-order valence-corrected chi connectivity index (χ1v) is 3.61. The minimum absolute atomic E-state index is 0.796. The molecule has 1 aromatic heterocycles. The van der Waals surface area contributed by atoms with Gasteiger partial charge >= 0.3 is 0 Å². The van der Waals surface area contributed by atoms with Gasteiger partial charge < -0.3 is 9.72 Å². The molecule has 1 aliphatic heterocycles. The van der Waals surface area contributed by atoms with Gasteiger partial charge in [-0.15, -0.1) is 0 Å². The summed E-state index contributed by atoms with van der Waals surface area (Å²) in [5, 5.41) is 0. The first-order chi connectivity index (χ1) is 4.88. The van der Waals surface area contributed by atoms with Crippen LogP contribution < -0.4 is 0 Å². The van der Waals surface area contributed by atoms with E-state index in [0.29, 0.717) is 0 Å². The van der Waals surface area contributed by atoms with Crippen LogP contribution in [0.5, 0.6) is 0 Å². The molecular weight excluding hydrogens is 126 g/mol. The Bertz CT molecular complexity index is 239. The van der Waals surface area contributed by atoms with Crippen molar-refractivity contribution in [1.29, 1.82) is 0 Å². The van der Waals surface area contributed by atoms with E-state index < -0.39 is 0 Å². The summed E-state index contributed by atoms with van der Waals surface area (Å²) in [6.45, 7) is 3.78. The summed E-state index contributed by atoms with van der Waals surface area (Å²) in [7, 11) is 0. The molecule has 0 unspecified atom stereocenters. The molecule has 10 heavy (non-hydrogen) atoms.